The number of hydrogen-bond donors (Lipinski definition) is 1. The van der Waals surface area contributed by atoms with Crippen molar-refractivity contribution < 1.29 is 19.1 Å². The third-order valence-corrected chi connectivity index (χ3v) is 2.87. The van der Waals surface area contributed by atoms with E-state index in [1.807, 2.05) is 0 Å². The van der Waals surface area contributed by atoms with E-state index in [1.54, 1.807) is 30.3 Å². The highest BCUT2D eigenvalue weighted by Crippen LogP contribution is 2.09. The van der Waals surface area contributed by atoms with Gasteiger partial charge in [0.1, 0.15) is 5.69 Å². The maximum atomic E-state index is 12.3. The molecule has 0 bridgehead atoms. The van der Waals surface area contributed by atoms with E-state index in [2.05, 4.69) is 10.3 Å². The molecule has 0 saturated carbocycles. The van der Waals surface area contributed by atoms with Crippen LogP contribution in [0.25, 0.3) is 0 Å². The number of ether oxygens (including phenoxy) is 1. The Kier molecular flexibility index (Phi) is 4.98. The first-order chi connectivity index (χ1) is 10.6. The summed E-state index contributed by atoms with van der Waals surface area (Å²) in [6.45, 7) is 0. The smallest absolute Gasteiger partial charge is 0.339 e. The van der Waals surface area contributed by atoms with Gasteiger partial charge in [0.05, 0.1) is 5.56 Å². The Balaban J connectivity index is 2.22. The van der Waals surface area contributed by atoms with E-state index >= 15 is 0 Å². The van der Waals surface area contributed by atoms with Crippen LogP contribution < -0.4 is 5.32 Å². The minimum Gasteiger partial charge on any atom is -0.440 e. The maximum absolute atomic E-state index is 12.3. The molecular weight excluding hydrogens is 284 g/mol. The Morgan fingerprint density at radius 1 is 1.05 bits per heavy atom. The van der Waals surface area contributed by atoms with Crippen molar-refractivity contribution in [2.45, 2.75) is 6.10 Å². The zero-order chi connectivity index (χ0) is 15.9. The SMILES string of the molecule is CNC(=O)C(OC(=O)c1ccccc1)C(=O)c1ccccn1. The van der Waals surface area contributed by atoms with Gasteiger partial charge in [-0.1, -0.05) is 24.3 Å². The van der Waals surface area contributed by atoms with Crippen LogP contribution in [0, 0.1) is 0 Å². The van der Waals surface area contributed by atoms with Gasteiger partial charge in [0.15, 0.2) is 0 Å². The summed E-state index contributed by atoms with van der Waals surface area (Å²) in [5.41, 5.74) is 0.308. The highest BCUT2D eigenvalue weighted by molar-refractivity contribution is 6.13. The van der Waals surface area contributed by atoms with Gasteiger partial charge in [-0.15, -0.1) is 0 Å². The van der Waals surface area contributed by atoms with Crippen LogP contribution in [0.3, 0.4) is 0 Å². The second-order valence-electron chi connectivity index (χ2n) is 4.34. The molecule has 22 heavy (non-hydrogen) atoms. The Bertz CT molecular complexity index is 671. The summed E-state index contributed by atoms with van der Waals surface area (Å²) in [5, 5.41) is 2.31. The lowest BCUT2D eigenvalue weighted by molar-refractivity contribution is -0.127. The Hall–Kier alpha value is -3.02. The summed E-state index contributed by atoms with van der Waals surface area (Å²) >= 11 is 0. The molecule has 0 radical (unpaired) electrons. The normalized spacial score (nSPS) is 11.3. The van der Waals surface area contributed by atoms with E-state index in [-0.39, 0.29) is 11.3 Å². The summed E-state index contributed by atoms with van der Waals surface area (Å²) in [6.07, 6.45) is -0.153. The molecule has 0 saturated heterocycles. The molecule has 2 aromatic rings. The van der Waals surface area contributed by atoms with E-state index in [0.29, 0.717) is 0 Å². The average Bonchev–Trinajstić information content (AvgIpc) is 2.59. The molecule has 0 spiro atoms. The fourth-order valence-electron chi connectivity index (χ4n) is 1.75. The molecule has 1 amide bonds. The number of benzene rings is 1. The first-order valence-electron chi connectivity index (χ1n) is 6.56. The minimum atomic E-state index is -1.58. The first-order valence-corrected chi connectivity index (χ1v) is 6.56. The van der Waals surface area contributed by atoms with E-state index in [4.69, 9.17) is 4.74 Å². The highest BCUT2D eigenvalue weighted by Gasteiger charge is 2.31. The molecule has 0 aliphatic carbocycles. The van der Waals surface area contributed by atoms with Crippen molar-refractivity contribution in [3.8, 4) is 0 Å². The van der Waals surface area contributed by atoms with Crippen molar-refractivity contribution in [2.24, 2.45) is 0 Å². The van der Waals surface area contributed by atoms with Crippen molar-refractivity contribution >= 4 is 17.7 Å². The van der Waals surface area contributed by atoms with Crippen LogP contribution in [-0.2, 0) is 9.53 Å². The molecular formula is C16H14N2O4. The van der Waals surface area contributed by atoms with Gasteiger partial charge in [0.2, 0.25) is 11.9 Å². The number of pyridine rings is 1. The minimum absolute atomic E-state index is 0.0527. The summed E-state index contributed by atoms with van der Waals surface area (Å²) in [7, 11) is 1.36. The van der Waals surface area contributed by atoms with Gasteiger partial charge < -0.3 is 10.1 Å². The van der Waals surface area contributed by atoms with Crippen molar-refractivity contribution in [3.05, 3.63) is 66.0 Å². The van der Waals surface area contributed by atoms with E-state index in [0.717, 1.165) is 0 Å². The lowest BCUT2D eigenvalue weighted by atomic mass is 10.1. The molecule has 1 N–H and O–H groups in total. The average molecular weight is 298 g/mol. The third kappa shape index (κ3) is 3.54. The maximum Gasteiger partial charge on any atom is 0.339 e. The number of amides is 1. The number of hydrogen-bond acceptors (Lipinski definition) is 5. The number of aromatic nitrogens is 1. The van der Waals surface area contributed by atoms with Crippen molar-refractivity contribution in [3.63, 3.8) is 0 Å². The largest absolute Gasteiger partial charge is 0.440 e. The number of nitrogens with one attached hydrogen (secondary N) is 1. The molecule has 2 rings (SSSR count). The van der Waals surface area contributed by atoms with Gasteiger partial charge in [-0.2, -0.15) is 0 Å². The second kappa shape index (κ2) is 7.12. The molecule has 0 aliphatic heterocycles. The summed E-state index contributed by atoms with van der Waals surface area (Å²) < 4.78 is 5.06. The van der Waals surface area contributed by atoms with E-state index in [1.165, 1.54) is 31.4 Å². The van der Waals surface area contributed by atoms with Gasteiger partial charge in [0.25, 0.3) is 5.91 Å². The number of carbonyl (C=O) groups is 3. The molecule has 0 fully saturated rings. The van der Waals surface area contributed by atoms with Crippen LogP contribution >= 0.6 is 0 Å². The summed E-state index contributed by atoms with van der Waals surface area (Å²) in [6, 6.07) is 12.8. The number of ketones is 1. The van der Waals surface area contributed by atoms with Gasteiger partial charge >= 0.3 is 5.97 Å². The fourth-order valence-corrected chi connectivity index (χ4v) is 1.75. The lowest BCUT2D eigenvalue weighted by Gasteiger charge is -2.15. The monoisotopic (exact) mass is 298 g/mol. The van der Waals surface area contributed by atoms with Gasteiger partial charge in [-0.3, -0.25) is 14.6 Å². The van der Waals surface area contributed by atoms with Gasteiger partial charge in [-0.25, -0.2) is 4.79 Å². The molecule has 1 aromatic carbocycles. The molecule has 6 heteroatoms. The highest BCUT2D eigenvalue weighted by atomic mass is 16.6. The predicted octanol–water partition coefficient (Wildman–Crippen LogP) is 1.24. The summed E-state index contributed by atoms with van der Waals surface area (Å²) in [5.74, 6) is -2.14. The molecule has 6 nitrogen and oxygen atoms in total. The number of esters is 1. The number of rotatable bonds is 5. The standard InChI is InChI=1S/C16H14N2O4/c1-17-15(20)14(13(19)12-9-5-6-10-18-12)22-16(21)11-7-3-2-4-8-11/h2-10,14H,1H3,(H,17,20). The van der Waals surface area contributed by atoms with Crippen LogP contribution in [0.15, 0.2) is 54.7 Å². The zero-order valence-corrected chi connectivity index (χ0v) is 11.9. The third-order valence-electron chi connectivity index (χ3n) is 2.87. The number of likely N-dealkylation sites (N-methyl/N-ethyl adjacent to an activating group) is 1. The van der Waals surface area contributed by atoms with Crippen LogP contribution in [0.1, 0.15) is 20.8 Å². The fraction of sp³-hybridized carbons (Fsp3) is 0.125. The van der Waals surface area contributed by atoms with E-state index < -0.39 is 23.8 Å². The summed E-state index contributed by atoms with van der Waals surface area (Å²) in [4.78, 5) is 40.1. The quantitative estimate of drug-likeness (QED) is 0.510. The van der Waals surface area contributed by atoms with Crippen LogP contribution in [-0.4, -0.2) is 35.8 Å². The number of carbonyl (C=O) groups excluding carboxylic acids is 3. The molecule has 1 aromatic heterocycles. The predicted molar refractivity (Wildman–Crippen MR) is 78.3 cm³/mol. The van der Waals surface area contributed by atoms with Crippen molar-refractivity contribution in [1.29, 1.82) is 0 Å². The number of Topliss-reactive ketones (excluding diaryl/α,β-unsaturated/α-hetero) is 1. The van der Waals surface area contributed by atoms with Crippen LogP contribution in [0.4, 0.5) is 0 Å². The Labute approximate surface area is 127 Å². The molecule has 1 atom stereocenters. The first kappa shape index (κ1) is 15.4. The molecule has 0 aliphatic rings. The Morgan fingerprint density at radius 3 is 2.32 bits per heavy atom. The Morgan fingerprint density at radius 2 is 1.73 bits per heavy atom. The zero-order valence-electron chi connectivity index (χ0n) is 11.9. The molecule has 1 heterocycles. The van der Waals surface area contributed by atoms with Crippen molar-refractivity contribution in [1.82, 2.24) is 10.3 Å². The van der Waals surface area contributed by atoms with Crippen molar-refractivity contribution in [2.75, 3.05) is 7.05 Å². The van der Waals surface area contributed by atoms with Gasteiger partial charge in [-0.05, 0) is 24.3 Å². The molecule has 1 unspecified atom stereocenters. The lowest BCUT2D eigenvalue weighted by Crippen LogP contribution is -2.41. The van der Waals surface area contributed by atoms with Crippen LogP contribution in [0.5, 0.6) is 0 Å². The molecule has 112 valence electrons. The number of nitrogens with zero attached hydrogens (tertiary/aromatic N) is 1. The second-order valence-corrected chi connectivity index (χ2v) is 4.34. The topological polar surface area (TPSA) is 85.4 Å². The van der Waals surface area contributed by atoms with Gasteiger partial charge in [0, 0.05) is 13.2 Å². The van der Waals surface area contributed by atoms with E-state index in [9.17, 15) is 14.4 Å². The van der Waals surface area contributed by atoms with Crippen LogP contribution in [0.2, 0.25) is 0 Å².